The lowest BCUT2D eigenvalue weighted by Crippen LogP contribution is -2.19. The van der Waals surface area contributed by atoms with E-state index in [-0.39, 0.29) is 12.6 Å². The average molecular weight is 226 g/mol. The summed E-state index contributed by atoms with van der Waals surface area (Å²) in [6.45, 7) is 0.552. The molecule has 1 aromatic heterocycles. The molecule has 88 valence electrons. The molecule has 16 heavy (non-hydrogen) atoms. The van der Waals surface area contributed by atoms with Gasteiger partial charge < -0.3 is 26.8 Å². The quantitative estimate of drug-likeness (QED) is 0.503. The van der Waals surface area contributed by atoms with Gasteiger partial charge in [0.05, 0.1) is 6.54 Å². The molecule has 0 aromatic carbocycles. The summed E-state index contributed by atoms with van der Waals surface area (Å²) in [6.07, 6.45) is -0.806. The second-order valence-electron chi connectivity index (χ2n) is 2.84. The third-order valence-electron chi connectivity index (χ3n) is 1.65. The van der Waals surface area contributed by atoms with Crippen molar-refractivity contribution in [2.75, 3.05) is 36.6 Å². The predicted octanol–water partition coefficient (Wildman–Crippen LogP) is -0.392. The molecule has 0 spiro atoms. The SMILES string of the molecule is CNc1cc(NCCOC(N)=O)nc(N)n1. The van der Waals surface area contributed by atoms with Gasteiger partial charge >= 0.3 is 6.09 Å². The molecule has 0 unspecified atom stereocenters. The summed E-state index contributed by atoms with van der Waals surface area (Å²) < 4.78 is 4.54. The van der Waals surface area contributed by atoms with Gasteiger partial charge in [-0.1, -0.05) is 0 Å². The number of anilines is 3. The normalized spacial score (nSPS) is 9.56. The van der Waals surface area contributed by atoms with Gasteiger partial charge in [-0.05, 0) is 0 Å². The fourth-order valence-corrected chi connectivity index (χ4v) is 1.02. The Kier molecular flexibility index (Phi) is 4.13. The standard InChI is InChI=1S/C8H14N6O2/c1-11-5-4-6(14-7(9)13-5)12-2-3-16-8(10)15/h4H,2-3H2,1H3,(H2,10,15)(H4,9,11,12,13,14). The molecule has 8 nitrogen and oxygen atoms in total. The van der Waals surface area contributed by atoms with Crippen molar-refractivity contribution >= 4 is 23.7 Å². The molecule has 0 saturated carbocycles. The van der Waals surface area contributed by atoms with Gasteiger partial charge in [0.1, 0.15) is 18.2 Å². The fourth-order valence-electron chi connectivity index (χ4n) is 1.02. The zero-order valence-electron chi connectivity index (χ0n) is 8.86. The first-order valence-corrected chi connectivity index (χ1v) is 4.60. The van der Waals surface area contributed by atoms with Crippen LogP contribution in [0.3, 0.4) is 0 Å². The lowest BCUT2D eigenvalue weighted by atomic mass is 10.5. The maximum Gasteiger partial charge on any atom is 0.404 e. The molecule has 1 amide bonds. The van der Waals surface area contributed by atoms with Crippen LogP contribution in [0, 0.1) is 0 Å². The Morgan fingerprint density at radius 1 is 1.50 bits per heavy atom. The van der Waals surface area contributed by atoms with Crippen molar-refractivity contribution in [3.63, 3.8) is 0 Å². The fraction of sp³-hybridized carbons (Fsp3) is 0.375. The largest absolute Gasteiger partial charge is 0.448 e. The lowest BCUT2D eigenvalue weighted by Gasteiger charge is -2.07. The third-order valence-corrected chi connectivity index (χ3v) is 1.65. The van der Waals surface area contributed by atoms with Crippen LogP contribution in [0.15, 0.2) is 6.07 Å². The Labute approximate surface area is 92.4 Å². The summed E-state index contributed by atoms with van der Waals surface area (Å²) >= 11 is 0. The first kappa shape index (κ1) is 11.8. The van der Waals surface area contributed by atoms with Crippen molar-refractivity contribution < 1.29 is 9.53 Å². The Morgan fingerprint density at radius 2 is 2.19 bits per heavy atom. The third kappa shape index (κ3) is 3.86. The van der Waals surface area contributed by atoms with Crippen molar-refractivity contribution in [2.24, 2.45) is 5.73 Å². The summed E-state index contributed by atoms with van der Waals surface area (Å²) in [5.74, 6) is 1.31. The van der Waals surface area contributed by atoms with E-state index in [0.717, 1.165) is 0 Å². The number of hydrogen-bond acceptors (Lipinski definition) is 7. The van der Waals surface area contributed by atoms with Crippen molar-refractivity contribution in [1.82, 2.24) is 9.97 Å². The summed E-state index contributed by atoms with van der Waals surface area (Å²) in [5, 5.41) is 5.75. The van der Waals surface area contributed by atoms with Gasteiger partial charge in [0.25, 0.3) is 0 Å². The van der Waals surface area contributed by atoms with E-state index in [1.54, 1.807) is 13.1 Å². The van der Waals surface area contributed by atoms with Crippen molar-refractivity contribution in [1.29, 1.82) is 0 Å². The zero-order valence-corrected chi connectivity index (χ0v) is 8.86. The molecule has 0 radical (unpaired) electrons. The van der Waals surface area contributed by atoms with E-state index in [1.807, 2.05) is 0 Å². The number of amides is 1. The number of nitrogens with two attached hydrogens (primary N) is 2. The summed E-state index contributed by atoms with van der Waals surface area (Å²) in [7, 11) is 1.72. The minimum absolute atomic E-state index is 0.158. The lowest BCUT2D eigenvalue weighted by molar-refractivity contribution is 0.161. The minimum Gasteiger partial charge on any atom is -0.448 e. The Morgan fingerprint density at radius 3 is 2.81 bits per heavy atom. The first-order valence-electron chi connectivity index (χ1n) is 4.60. The molecule has 1 heterocycles. The second-order valence-corrected chi connectivity index (χ2v) is 2.84. The molecular formula is C8H14N6O2. The first-order chi connectivity index (χ1) is 7.61. The highest BCUT2D eigenvalue weighted by atomic mass is 16.5. The van der Waals surface area contributed by atoms with Gasteiger partial charge in [0.15, 0.2) is 0 Å². The number of carbonyl (C=O) groups is 1. The van der Waals surface area contributed by atoms with Gasteiger partial charge in [-0.15, -0.1) is 0 Å². The van der Waals surface area contributed by atoms with Crippen LogP contribution in [-0.2, 0) is 4.74 Å². The highest BCUT2D eigenvalue weighted by molar-refractivity contribution is 5.64. The molecule has 0 aliphatic rings. The number of hydrogen-bond donors (Lipinski definition) is 4. The van der Waals surface area contributed by atoms with Gasteiger partial charge in [0, 0.05) is 13.1 Å². The van der Waals surface area contributed by atoms with Gasteiger partial charge in [-0.25, -0.2) is 4.79 Å². The molecule has 0 aliphatic carbocycles. The highest BCUT2D eigenvalue weighted by Gasteiger charge is 2.00. The van der Waals surface area contributed by atoms with Crippen molar-refractivity contribution in [3.8, 4) is 0 Å². The van der Waals surface area contributed by atoms with E-state index in [1.165, 1.54) is 0 Å². The van der Waals surface area contributed by atoms with Crippen LogP contribution in [0.4, 0.5) is 22.4 Å². The Hall–Kier alpha value is -2.25. The molecule has 8 heteroatoms. The molecule has 0 atom stereocenters. The molecule has 0 aliphatic heterocycles. The summed E-state index contributed by atoms with van der Waals surface area (Å²) in [4.78, 5) is 18.1. The number of carbonyl (C=O) groups excluding carboxylic acids is 1. The van der Waals surface area contributed by atoms with Gasteiger partial charge in [-0.2, -0.15) is 9.97 Å². The van der Waals surface area contributed by atoms with E-state index in [2.05, 4.69) is 25.3 Å². The molecule has 0 saturated heterocycles. The van der Waals surface area contributed by atoms with Gasteiger partial charge in [-0.3, -0.25) is 0 Å². The molecular weight excluding hydrogens is 212 g/mol. The number of nitrogens with one attached hydrogen (secondary N) is 2. The van der Waals surface area contributed by atoms with Crippen LogP contribution in [0.25, 0.3) is 0 Å². The maximum atomic E-state index is 10.3. The van der Waals surface area contributed by atoms with E-state index < -0.39 is 6.09 Å². The number of aromatic nitrogens is 2. The van der Waals surface area contributed by atoms with Crippen LogP contribution >= 0.6 is 0 Å². The van der Waals surface area contributed by atoms with Crippen molar-refractivity contribution in [3.05, 3.63) is 6.07 Å². The number of nitrogen functional groups attached to an aromatic ring is 1. The molecule has 6 N–H and O–H groups in total. The minimum atomic E-state index is -0.806. The second kappa shape index (κ2) is 5.59. The van der Waals surface area contributed by atoms with Crippen LogP contribution in [0.2, 0.25) is 0 Å². The number of nitrogens with zero attached hydrogens (tertiary/aromatic N) is 2. The molecule has 0 fully saturated rings. The number of primary amides is 1. The van der Waals surface area contributed by atoms with Gasteiger partial charge in [0.2, 0.25) is 5.95 Å². The average Bonchev–Trinajstić information content (AvgIpc) is 2.23. The Balaban J connectivity index is 2.47. The number of ether oxygens (including phenoxy) is 1. The van der Waals surface area contributed by atoms with E-state index in [4.69, 9.17) is 11.5 Å². The van der Waals surface area contributed by atoms with E-state index in [9.17, 15) is 4.79 Å². The maximum absolute atomic E-state index is 10.3. The predicted molar refractivity (Wildman–Crippen MR) is 60.0 cm³/mol. The zero-order chi connectivity index (χ0) is 12.0. The smallest absolute Gasteiger partial charge is 0.404 e. The monoisotopic (exact) mass is 226 g/mol. The molecule has 1 aromatic rings. The molecule has 0 bridgehead atoms. The van der Waals surface area contributed by atoms with Crippen LogP contribution in [0.5, 0.6) is 0 Å². The van der Waals surface area contributed by atoms with Crippen LogP contribution in [-0.4, -0.2) is 36.3 Å². The Bertz CT molecular complexity index is 370. The van der Waals surface area contributed by atoms with E-state index >= 15 is 0 Å². The summed E-state index contributed by atoms with van der Waals surface area (Å²) in [6, 6.07) is 1.68. The number of rotatable bonds is 5. The summed E-state index contributed by atoms with van der Waals surface area (Å²) in [5.41, 5.74) is 10.3. The highest BCUT2D eigenvalue weighted by Crippen LogP contribution is 2.11. The molecule has 1 rings (SSSR count). The van der Waals surface area contributed by atoms with Crippen LogP contribution < -0.4 is 22.1 Å². The van der Waals surface area contributed by atoms with Crippen LogP contribution in [0.1, 0.15) is 0 Å². The van der Waals surface area contributed by atoms with E-state index in [0.29, 0.717) is 18.2 Å². The topological polar surface area (TPSA) is 128 Å². The van der Waals surface area contributed by atoms with Crippen molar-refractivity contribution in [2.45, 2.75) is 0 Å².